The molecule has 1 aliphatic heterocycles. The molecule has 1 heterocycles. The molecule has 3 heteroatoms. The van der Waals surface area contributed by atoms with Crippen LogP contribution in [0.15, 0.2) is 0 Å². The lowest BCUT2D eigenvalue weighted by molar-refractivity contribution is -0.0686. The highest BCUT2D eigenvalue weighted by Gasteiger charge is 2.36. The van der Waals surface area contributed by atoms with Crippen molar-refractivity contribution in [1.82, 2.24) is 4.90 Å². The summed E-state index contributed by atoms with van der Waals surface area (Å²) < 4.78 is 25.2. The number of hydrogen-bond acceptors (Lipinski definition) is 1. The minimum Gasteiger partial charge on any atom is -0.303 e. The van der Waals surface area contributed by atoms with Gasteiger partial charge >= 0.3 is 0 Å². The summed E-state index contributed by atoms with van der Waals surface area (Å²) in [5.41, 5.74) is 0. The maximum atomic E-state index is 12.6. The van der Waals surface area contributed by atoms with Gasteiger partial charge in [0, 0.05) is 25.4 Å². The van der Waals surface area contributed by atoms with Crippen molar-refractivity contribution in [3.8, 4) is 0 Å². The van der Waals surface area contributed by atoms with Crippen LogP contribution in [-0.4, -0.2) is 30.5 Å². The van der Waals surface area contributed by atoms with Crippen molar-refractivity contribution >= 4 is 0 Å². The van der Waals surface area contributed by atoms with E-state index in [2.05, 4.69) is 0 Å². The third kappa shape index (κ3) is 1.66. The van der Waals surface area contributed by atoms with E-state index in [4.69, 9.17) is 0 Å². The van der Waals surface area contributed by atoms with Gasteiger partial charge in [-0.3, -0.25) is 0 Å². The number of likely N-dealkylation sites (tertiary alicyclic amines) is 1. The van der Waals surface area contributed by atoms with E-state index < -0.39 is 5.92 Å². The lowest BCUT2D eigenvalue weighted by atomic mass is 10.0. The molecule has 0 saturated carbocycles. The van der Waals surface area contributed by atoms with Crippen LogP contribution in [0.5, 0.6) is 0 Å². The summed E-state index contributed by atoms with van der Waals surface area (Å²) in [5, 5.41) is 0. The highest BCUT2D eigenvalue weighted by atomic mass is 19.3. The number of hydrogen-bond donors (Lipinski definition) is 0. The maximum absolute atomic E-state index is 12.6. The van der Waals surface area contributed by atoms with E-state index in [0.29, 0.717) is 6.54 Å². The summed E-state index contributed by atoms with van der Waals surface area (Å²) in [6.45, 7) is 2.36. The van der Waals surface area contributed by atoms with Crippen LogP contribution < -0.4 is 0 Å². The van der Waals surface area contributed by atoms with Crippen molar-refractivity contribution in [3.63, 3.8) is 0 Å². The summed E-state index contributed by atoms with van der Waals surface area (Å²) >= 11 is 0. The van der Waals surface area contributed by atoms with E-state index in [1.54, 1.807) is 0 Å². The molecular weight excluding hydrogens is 136 g/mol. The average molecular weight is 149 g/mol. The van der Waals surface area contributed by atoms with E-state index in [1.165, 1.54) is 0 Å². The normalized spacial score (nSPS) is 34.2. The van der Waals surface area contributed by atoms with E-state index in [1.807, 2.05) is 18.9 Å². The zero-order valence-corrected chi connectivity index (χ0v) is 6.40. The zero-order valence-electron chi connectivity index (χ0n) is 6.40. The molecule has 0 radical (unpaired) electrons. The Kier molecular flexibility index (Phi) is 1.95. The Morgan fingerprint density at radius 3 is 2.50 bits per heavy atom. The summed E-state index contributed by atoms with van der Waals surface area (Å²) in [6, 6.07) is 0.0312. The van der Waals surface area contributed by atoms with E-state index in [-0.39, 0.29) is 18.9 Å². The Bertz CT molecular complexity index is 125. The van der Waals surface area contributed by atoms with E-state index in [9.17, 15) is 8.78 Å². The van der Waals surface area contributed by atoms with Crippen LogP contribution in [0.1, 0.15) is 19.8 Å². The SMILES string of the molecule is C[C@@H]1CC(F)(F)CCN1C. The number of nitrogens with zero attached hydrogens (tertiary/aromatic N) is 1. The maximum Gasteiger partial charge on any atom is 0.250 e. The van der Waals surface area contributed by atoms with Crippen LogP contribution in [0.3, 0.4) is 0 Å². The Labute approximate surface area is 60.0 Å². The first-order valence-electron chi connectivity index (χ1n) is 3.59. The summed E-state index contributed by atoms with van der Waals surface area (Å²) in [5.74, 6) is -2.41. The molecule has 1 aliphatic rings. The Hall–Kier alpha value is -0.180. The van der Waals surface area contributed by atoms with E-state index >= 15 is 0 Å². The van der Waals surface area contributed by atoms with Crippen molar-refractivity contribution in [2.24, 2.45) is 0 Å². The van der Waals surface area contributed by atoms with Crippen molar-refractivity contribution in [1.29, 1.82) is 0 Å². The molecule has 0 aliphatic carbocycles. The van der Waals surface area contributed by atoms with Crippen molar-refractivity contribution in [2.45, 2.75) is 31.7 Å². The Morgan fingerprint density at radius 2 is 2.10 bits per heavy atom. The van der Waals surface area contributed by atoms with Gasteiger partial charge in [0.2, 0.25) is 0 Å². The lowest BCUT2D eigenvalue weighted by Gasteiger charge is -2.34. The van der Waals surface area contributed by atoms with Gasteiger partial charge in [0.1, 0.15) is 0 Å². The standard InChI is InChI=1S/C7H13F2N/c1-6-5-7(8,9)3-4-10(6)2/h6H,3-5H2,1-2H3/t6-/m1/s1. The van der Waals surface area contributed by atoms with E-state index in [0.717, 1.165) is 0 Å². The van der Waals surface area contributed by atoms with Crippen LogP contribution in [0.25, 0.3) is 0 Å². The Morgan fingerprint density at radius 1 is 1.50 bits per heavy atom. The number of alkyl halides is 2. The highest BCUT2D eigenvalue weighted by molar-refractivity contribution is 4.81. The molecule has 0 bridgehead atoms. The second-order valence-corrected chi connectivity index (χ2v) is 3.14. The number of piperidine rings is 1. The highest BCUT2D eigenvalue weighted by Crippen LogP contribution is 2.30. The molecule has 0 aromatic heterocycles. The molecule has 0 unspecified atom stereocenters. The third-order valence-corrected chi connectivity index (χ3v) is 2.18. The van der Waals surface area contributed by atoms with Crippen LogP contribution in [0.2, 0.25) is 0 Å². The van der Waals surface area contributed by atoms with Crippen LogP contribution in [-0.2, 0) is 0 Å². The summed E-state index contributed by atoms with van der Waals surface area (Å²) in [6.07, 6.45) is 0.0390. The molecular formula is C7H13F2N. The van der Waals surface area contributed by atoms with Gasteiger partial charge in [0.15, 0.2) is 0 Å². The lowest BCUT2D eigenvalue weighted by Crippen LogP contribution is -2.43. The molecule has 0 N–H and O–H groups in total. The molecule has 0 aromatic carbocycles. The molecule has 1 saturated heterocycles. The fourth-order valence-corrected chi connectivity index (χ4v) is 1.25. The first kappa shape index (κ1) is 7.92. The molecule has 10 heavy (non-hydrogen) atoms. The molecule has 0 amide bonds. The molecule has 1 fully saturated rings. The fraction of sp³-hybridized carbons (Fsp3) is 1.00. The van der Waals surface area contributed by atoms with Gasteiger partial charge in [0.05, 0.1) is 0 Å². The molecule has 0 aromatic rings. The second-order valence-electron chi connectivity index (χ2n) is 3.14. The van der Waals surface area contributed by atoms with Gasteiger partial charge in [-0.1, -0.05) is 0 Å². The molecule has 0 spiro atoms. The zero-order chi connectivity index (χ0) is 7.78. The van der Waals surface area contributed by atoms with Gasteiger partial charge in [-0.05, 0) is 14.0 Å². The predicted molar refractivity (Wildman–Crippen MR) is 36.3 cm³/mol. The first-order chi connectivity index (χ1) is 4.51. The van der Waals surface area contributed by atoms with Crippen LogP contribution in [0.4, 0.5) is 8.78 Å². The van der Waals surface area contributed by atoms with Gasteiger partial charge in [0.25, 0.3) is 5.92 Å². The molecule has 1 nitrogen and oxygen atoms in total. The van der Waals surface area contributed by atoms with Gasteiger partial charge < -0.3 is 4.90 Å². The molecule has 1 atom stereocenters. The Balaban J connectivity index is 2.49. The van der Waals surface area contributed by atoms with Gasteiger partial charge in [-0.15, -0.1) is 0 Å². The van der Waals surface area contributed by atoms with Crippen LogP contribution in [0, 0.1) is 0 Å². The summed E-state index contributed by atoms with van der Waals surface area (Å²) in [4.78, 5) is 1.97. The molecule has 1 rings (SSSR count). The second kappa shape index (κ2) is 2.46. The summed E-state index contributed by atoms with van der Waals surface area (Å²) in [7, 11) is 1.89. The van der Waals surface area contributed by atoms with Crippen molar-refractivity contribution in [2.75, 3.05) is 13.6 Å². The largest absolute Gasteiger partial charge is 0.303 e. The quantitative estimate of drug-likeness (QED) is 0.507. The average Bonchev–Trinajstić information content (AvgIpc) is 1.79. The predicted octanol–water partition coefficient (Wildman–Crippen LogP) is 1.74. The number of halogens is 2. The van der Waals surface area contributed by atoms with Gasteiger partial charge in [-0.2, -0.15) is 0 Å². The van der Waals surface area contributed by atoms with Crippen molar-refractivity contribution in [3.05, 3.63) is 0 Å². The topological polar surface area (TPSA) is 3.24 Å². The minimum absolute atomic E-state index is 0.0174. The first-order valence-corrected chi connectivity index (χ1v) is 3.59. The minimum atomic E-state index is -2.41. The fourth-order valence-electron chi connectivity index (χ4n) is 1.25. The monoisotopic (exact) mass is 149 g/mol. The van der Waals surface area contributed by atoms with Gasteiger partial charge in [-0.25, -0.2) is 8.78 Å². The number of rotatable bonds is 0. The molecule has 60 valence electrons. The smallest absolute Gasteiger partial charge is 0.250 e. The third-order valence-electron chi connectivity index (χ3n) is 2.18. The van der Waals surface area contributed by atoms with Crippen LogP contribution >= 0.6 is 0 Å². The van der Waals surface area contributed by atoms with Crippen molar-refractivity contribution < 1.29 is 8.78 Å².